The van der Waals surface area contributed by atoms with E-state index in [2.05, 4.69) is 19.4 Å². The van der Waals surface area contributed by atoms with Crippen molar-refractivity contribution in [2.24, 2.45) is 0 Å². The Balaban J connectivity index is 2.11. The number of benzene rings is 1. The van der Waals surface area contributed by atoms with Gasteiger partial charge in [0.2, 0.25) is 0 Å². The highest BCUT2D eigenvalue weighted by molar-refractivity contribution is 7.93. The van der Waals surface area contributed by atoms with Crippen LogP contribution in [0.1, 0.15) is 16.2 Å². The topological polar surface area (TPSA) is 101 Å². The molecular formula is C16H14FN3O4S. The summed E-state index contributed by atoms with van der Waals surface area (Å²) in [5, 5.41) is 0.141. The zero-order valence-corrected chi connectivity index (χ0v) is 14.1. The molecule has 1 aromatic carbocycles. The smallest absolute Gasteiger partial charge is 0.356 e. The number of H-pyrrole nitrogens is 1. The molecule has 7 nitrogen and oxygen atoms in total. The van der Waals surface area contributed by atoms with E-state index in [9.17, 15) is 17.6 Å². The summed E-state index contributed by atoms with van der Waals surface area (Å²) in [4.78, 5) is 18.3. The Hall–Kier alpha value is -2.94. The van der Waals surface area contributed by atoms with Gasteiger partial charge in [0.25, 0.3) is 10.0 Å². The average molecular weight is 363 g/mol. The second kappa shape index (κ2) is 6.17. The number of ether oxygens (including phenoxy) is 1. The van der Waals surface area contributed by atoms with Crippen molar-refractivity contribution >= 4 is 32.6 Å². The van der Waals surface area contributed by atoms with Crippen molar-refractivity contribution in [3.05, 3.63) is 53.7 Å². The van der Waals surface area contributed by atoms with Crippen molar-refractivity contribution in [2.45, 2.75) is 11.8 Å². The van der Waals surface area contributed by atoms with Gasteiger partial charge in [0.05, 0.1) is 17.7 Å². The number of nitrogens with one attached hydrogen (secondary N) is 2. The first-order chi connectivity index (χ1) is 11.8. The lowest BCUT2D eigenvalue weighted by Crippen LogP contribution is -2.16. The average Bonchev–Trinajstić information content (AvgIpc) is 2.94. The number of nitrogens with zero attached hydrogens (tertiary/aromatic N) is 1. The number of aromatic amines is 1. The van der Waals surface area contributed by atoms with Crippen molar-refractivity contribution < 1.29 is 22.3 Å². The fraction of sp³-hybridized carbons (Fsp3) is 0.125. The van der Waals surface area contributed by atoms with Gasteiger partial charge in [0, 0.05) is 17.3 Å². The fourth-order valence-corrected chi connectivity index (χ4v) is 3.74. The first kappa shape index (κ1) is 16.9. The molecule has 25 heavy (non-hydrogen) atoms. The maximum Gasteiger partial charge on any atom is 0.356 e. The van der Waals surface area contributed by atoms with Crippen molar-refractivity contribution in [3.8, 4) is 0 Å². The Bertz CT molecular complexity index is 1080. The number of halogens is 1. The summed E-state index contributed by atoms with van der Waals surface area (Å²) in [6.07, 6.45) is 1.38. The van der Waals surface area contributed by atoms with Crippen LogP contribution in [0.5, 0.6) is 0 Å². The largest absolute Gasteiger partial charge is 0.464 e. The third-order valence-electron chi connectivity index (χ3n) is 3.56. The lowest BCUT2D eigenvalue weighted by molar-refractivity contribution is 0.0596. The lowest BCUT2D eigenvalue weighted by atomic mass is 10.2. The molecule has 9 heteroatoms. The number of sulfonamides is 1. The highest BCUT2D eigenvalue weighted by Gasteiger charge is 2.23. The molecular weight excluding hydrogens is 349 g/mol. The Morgan fingerprint density at radius 1 is 1.32 bits per heavy atom. The van der Waals surface area contributed by atoms with Gasteiger partial charge in [-0.1, -0.05) is 0 Å². The molecule has 0 aliphatic carbocycles. The van der Waals surface area contributed by atoms with Gasteiger partial charge in [-0.15, -0.1) is 0 Å². The summed E-state index contributed by atoms with van der Waals surface area (Å²) in [5.74, 6) is -1.33. The molecule has 3 rings (SSSR count). The molecule has 0 aliphatic rings. The summed E-state index contributed by atoms with van der Waals surface area (Å²) in [5.41, 5.74) is 0.548. The van der Waals surface area contributed by atoms with Crippen LogP contribution >= 0.6 is 0 Å². The molecule has 0 atom stereocenters. The predicted molar refractivity (Wildman–Crippen MR) is 89.4 cm³/mol. The molecule has 0 unspecified atom stereocenters. The maximum atomic E-state index is 13.9. The second-order valence-electron chi connectivity index (χ2n) is 5.28. The van der Waals surface area contributed by atoms with E-state index in [1.54, 1.807) is 6.92 Å². The Morgan fingerprint density at radius 3 is 2.80 bits per heavy atom. The van der Waals surface area contributed by atoms with Crippen LogP contribution < -0.4 is 4.72 Å². The third-order valence-corrected chi connectivity index (χ3v) is 4.98. The molecule has 0 saturated carbocycles. The number of carbonyl (C=O) groups is 1. The number of hydrogen-bond acceptors (Lipinski definition) is 5. The Morgan fingerprint density at radius 2 is 2.08 bits per heavy atom. The van der Waals surface area contributed by atoms with Crippen LogP contribution in [0.25, 0.3) is 10.9 Å². The highest BCUT2D eigenvalue weighted by atomic mass is 32.2. The summed E-state index contributed by atoms with van der Waals surface area (Å²) >= 11 is 0. The van der Waals surface area contributed by atoms with Crippen molar-refractivity contribution in [1.82, 2.24) is 9.97 Å². The normalized spacial score (nSPS) is 11.5. The van der Waals surface area contributed by atoms with Crippen molar-refractivity contribution in [2.75, 3.05) is 11.8 Å². The van der Waals surface area contributed by atoms with Crippen molar-refractivity contribution in [3.63, 3.8) is 0 Å². The van der Waals surface area contributed by atoms with Gasteiger partial charge in [-0.25, -0.2) is 17.6 Å². The predicted octanol–water partition coefficient (Wildman–Crippen LogP) is 2.60. The lowest BCUT2D eigenvalue weighted by Gasteiger charge is -2.10. The number of hydrogen-bond donors (Lipinski definition) is 2. The van der Waals surface area contributed by atoms with Gasteiger partial charge < -0.3 is 9.72 Å². The quantitative estimate of drug-likeness (QED) is 0.694. The van der Waals surface area contributed by atoms with Crippen LogP contribution in [0.3, 0.4) is 0 Å². The standard InChI is InChI=1S/C16H14FN3O4S/c1-9-8-12(15(19-9)16(21)24-2)20-25(22,23)13-6-5-11(17)14-10(13)4-3-7-18-14/h3-8,19-20H,1-2H3. The molecule has 0 radical (unpaired) electrons. The molecule has 2 heterocycles. The van der Waals surface area contributed by atoms with E-state index in [-0.39, 0.29) is 27.2 Å². The van der Waals surface area contributed by atoms with Crippen LogP contribution in [0.2, 0.25) is 0 Å². The van der Waals surface area contributed by atoms with Crippen LogP contribution in [0.15, 0.2) is 41.4 Å². The molecule has 2 aromatic heterocycles. The van der Waals surface area contributed by atoms with Gasteiger partial charge in [-0.3, -0.25) is 9.71 Å². The number of anilines is 1. The number of fused-ring (bicyclic) bond motifs is 1. The van der Waals surface area contributed by atoms with E-state index in [4.69, 9.17) is 0 Å². The summed E-state index contributed by atoms with van der Waals surface area (Å²) in [6, 6.07) is 6.63. The first-order valence-electron chi connectivity index (χ1n) is 7.17. The Kier molecular flexibility index (Phi) is 4.17. The summed E-state index contributed by atoms with van der Waals surface area (Å²) in [7, 11) is -2.90. The van der Waals surface area contributed by atoms with E-state index < -0.39 is 21.8 Å². The Labute approximate surface area is 142 Å². The number of pyridine rings is 1. The van der Waals surface area contributed by atoms with Crippen LogP contribution in [0.4, 0.5) is 10.1 Å². The monoisotopic (exact) mass is 363 g/mol. The zero-order valence-electron chi connectivity index (χ0n) is 13.3. The number of aryl methyl sites for hydroxylation is 1. The van der Waals surface area contributed by atoms with Crippen molar-refractivity contribution in [1.29, 1.82) is 0 Å². The number of methoxy groups -OCH3 is 1. The minimum atomic E-state index is -4.09. The minimum Gasteiger partial charge on any atom is -0.464 e. The van der Waals surface area contributed by atoms with E-state index in [0.29, 0.717) is 5.69 Å². The second-order valence-corrected chi connectivity index (χ2v) is 6.93. The number of aromatic nitrogens is 2. The van der Waals surface area contributed by atoms with E-state index >= 15 is 0 Å². The highest BCUT2D eigenvalue weighted by Crippen LogP contribution is 2.27. The van der Waals surface area contributed by atoms with Crippen LogP contribution in [0, 0.1) is 12.7 Å². The molecule has 2 N–H and O–H groups in total. The SMILES string of the molecule is COC(=O)c1[nH]c(C)cc1NS(=O)(=O)c1ccc(F)c2ncccc12. The number of rotatable bonds is 4. The maximum absolute atomic E-state index is 13.9. The molecule has 0 amide bonds. The van der Waals surface area contributed by atoms with E-state index in [1.807, 2.05) is 0 Å². The van der Waals surface area contributed by atoms with E-state index in [0.717, 1.165) is 12.1 Å². The van der Waals surface area contributed by atoms with Gasteiger partial charge in [0.15, 0.2) is 0 Å². The number of carbonyl (C=O) groups excluding carboxylic acids is 1. The van der Waals surface area contributed by atoms with Gasteiger partial charge in [-0.2, -0.15) is 0 Å². The molecule has 0 saturated heterocycles. The molecule has 3 aromatic rings. The summed E-state index contributed by atoms with van der Waals surface area (Å²) in [6.45, 7) is 1.67. The van der Waals surface area contributed by atoms with E-state index in [1.165, 1.54) is 31.5 Å². The number of esters is 1. The van der Waals surface area contributed by atoms with Crippen LogP contribution in [-0.2, 0) is 14.8 Å². The minimum absolute atomic E-state index is 0.0203. The third kappa shape index (κ3) is 3.05. The molecule has 0 fully saturated rings. The molecule has 130 valence electrons. The molecule has 0 aliphatic heterocycles. The van der Waals surface area contributed by atoms with Gasteiger partial charge in [-0.05, 0) is 37.3 Å². The molecule has 0 spiro atoms. The first-order valence-corrected chi connectivity index (χ1v) is 8.66. The van der Waals surface area contributed by atoms with Crippen LogP contribution in [-0.4, -0.2) is 31.5 Å². The molecule has 0 bridgehead atoms. The van der Waals surface area contributed by atoms with Gasteiger partial charge >= 0.3 is 5.97 Å². The zero-order chi connectivity index (χ0) is 18.2. The summed E-state index contributed by atoms with van der Waals surface area (Å²) < 4.78 is 46.4. The fourth-order valence-electron chi connectivity index (χ4n) is 2.48. The van der Waals surface area contributed by atoms with Gasteiger partial charge in [0.1, 0.15) is 17.0 Å².